The average molecular weight is 241 g/mol. The molecule has 0 atom stereocenters. The maximum absolute atomic E-state index is 13.3. The summed E-state index contributed by atoms with van der Waals surface area (Å²) >= 11 is 0. The van der Waals surface area contributed by atoms with Gasteiger partial charge in [-0.3, -0.25) is 0 Å². The molecular weight excluding hydrogens is 225 g/mol. The molecule has 1 aromatic carbocycles. The van der Waals surface area contributed by atoms with Gasteiger partial charge < -0.3 is 15.5 Å². The number of carboxylic acid groups (broad SMARTS) is 1. The lowest BCUT2D eigenvalue weighted by Crippen LogP contribution is -2.42. The zero-order valence-corrected chi connectivity index (χ0v) is 9.83. The molecule has 0 fully saturated rings. The minimum Gasteiger partial charge on any atom is -0.478 e. The largest absolute Gasteiger partial charge is 0.478 e. The van der Waals surface area contributed by atoms with Crippen molar-refractivity contribution in [3.05, 3.63) is 35.1 Å². The van der Waals surface area contributed by atoms with Crippen LogP contribution in [0.4, 0.5) is 4.39 Å². The van der Waals surface area contributed by atoms with Gasteiger partial charge in [-0.05, 0) is 31.5 Å². The summed E-state index contributed by atoms with van der Waals surface area (Å²) in [4.78, 5) is 10.6. The van der Waals surface area contributed by atoms with Crippen molar-refractivity contribution in [2.45, 2.75) is 25.9 Å². The molecular formula is C12H16FNO3. The summed E-state index contributed by atoms with van der Waals surface area (Å²) in [6.07, 6.45) is 0. The van der Waals surface area contributed by atoms with Gasteiger partial charge >= 0.3 is 5.97 Å². The van der Waals surface area contributed by atoms with Crippen LogP contribution in [0.1, 0.15) is 29.8 Å². The van der Waals surface area contributed by atoms with E-state index in [1.54, 1.807) is 6.07 Å². The van der Waals surface area contributed by atoms with Crippen molar-refractivity contribution in [3.63, 3.8) is 0 Å². The van der Waals surface area contributed by atoms with E-state index in [1.165, 1.54) is 12.1 Å². The molecule has 0 unspecified atom stereocenters. The number of aliphatic hydroxyl groups is 1. The average Bonchev–Trinajstić information content (AvgIpc) is 2.26. The van der Waals surface area contributed by atoms with Crippen LogP contribution in [-0.4, -0.2) is 28.3 Å². The Balaban J connectivity index is 2.75. The molecule has 3 N–H and O–H groups in total. The molecule has 17 heavy (non-hydrogen) atoms. The molecule has 0 saturated carbocycles. The van der Waals surface area contributed by atoms with E-state index in [9.17, 15) is 9.18 Å². The molecule has 0 amide bonds. The van der Waals surface area contributed by atoms with Gasteiger partial charge in [-0.15, -0.1) is 0 Å². The monoisotopic (exact) mass is 241 g/mol. The zero-order valence-electron chi connectivity index (χ0n) is 9.83. The number of benzene rings is 1. The first-order valence-corrected chi connectivity index (χ1v) is 5.23. The number of carboxylic acids is 1. The molecule has 0 aliphatic rings. The summed E-state index contributed by atoms with van der Waals surface area (Å²) in [5.41, 5.74) is -0.161. The molecule has 1 rings (SSSR count). The number of hydrogen-bond donors (Lipinski definition) is 3. The Morgan fingerprint density at radius 1 is 1.47 bits per heavy atom. The Bertz CT molecular complexity index is 418. The second-order valence-corrected chi connectivity index (χ2v) is 4.51. The fourth-order valence-corrected chi connectivity index (χ4v) is 1.24. The normalized spacial score (nSPS) is 11.5. The van der Waals surface area contributed by atoms with E-state index in [0.29, 0.717) is 12.1 Å². The van der Waals surface area contributed by atoms with Crippen LogP contribution in [-0.2, 0) is 6.54 Å². The van der Waals surface area contributed by atoms with Crippen LogP contribution in [0.2, 0.25) is 0 Å². The number of rotatable bonds is 5. The second-order valence-electron chi connectivity index (χ2n) is 4.51. The van der Waals surface area contributed by atoms with Gasteiger partial charge in [-0.2, -0.15) is 0 Å². The van der Waals surface area contributed by atoms with Gasteiger partial charge in [0.15, 0.2) is 0 Å². The first-order chi connectivity index (χ1) is 7.85. The van der Waals surface area contributed by atoms with Gasteiger partial charge in [0.1, 0.15) is 5.82 Å². The predicted molar refractivity (Wildman–Crippen MR) is 61.4 cm³/mol. The summed E-state index contributed by atoms with van der Waals surface area (Å²) in [5.74, 6) is -2.03. The Kier molecular flexibility index (Phi) is 4.20. The van der Waals surface area contributed by atoms with Crippen molar-refractivity contribution in [3.8, 4) is 0 Å². The van der Waals surface area contributed by atoms with E-state index in [0.717, 1.165) is 0 Å². The van der Waals surface area contributed by atoms with Gasteiger partial charge in [-0.25, -0.2) is 9.18 Å². The lowest BCUT2D eigenvalue weighted by atomic mass is 10.1. The van der Waals surface area contributed by atoms with E-state index in [4.69, 9.17) is 10.2 Å². The Morgan fingerprint density at radius 2 is 2.12 bits per heavy atom. The Labute approximate surface area is 99.1 Å². The van der Waals surface area contributed by atoms with Gasteiger partial charge in [0, 0.05) is 12.1 Å². The number of hydrogen-bond acceptors (Lipinski definition) is 3. The quantitative estimate of drug-likeness (QED) is 0.728. The minimum atomic E-state index is -1.28. The summed E-state index contributed by atoms with van der Waals surface area (Å²) in [6.45, 7) is 3.96. The lowest BCUT2D eigenvalue weighted by molar-refractivity contribution is 0.0692. The third-order valence-electron chi connectivity index (χ3n) is 2.43. The zero-order chi connectivity index (χ0) is 13.1. The van der Waals surface area contributed by atoms with Crippen LogP contribution < -0.4 is 5.32 Å². The Hall–Kier alpha value is -1.46. The number of carbonyl (C=O) groups is 1. The molecule has 0 spiro atoms. The van der Waals surface area contributed by atoms with E-state index in [-0.39, 0.29) is 12.2 Å². The van der Waals surface area contributed by atoms with E-state index in [1.807, 2.05) is 13.8 Å². The molecule has 0 aromatic heterocycles. The van der Waals surface area contributed by atoms with E-state index >= 15 is 0 Å². The third-order valence-corrected chi connectivity index (χ3v) is 2.43. The Morgan fingerprint density at radius 3 is 2.59 bits per heavy atom. The standard InChI is InChI=1S/C12H16FNO3/c1-12(2,7-15)14-6-8-3-4-9(11(16)17)10(13)5-8/h3-5,14-15H,6-7H2,1-2H3,(H,16,17). The van der Waals surface area contributed by atoms with E-state index in [2.05, 4.69) is 5.32 Å². The summed E-state index contributed by atoms with van der Waals surface area (Å²) in [6, 6.07) is 3.97. The highest BCUT2D eigenvalue weighted by molar-refractivity contribution is 5.87. The van der Waals surface area contributed by atoms with E-state index < -0.39 is 17.3 Å². The lowest BCUT2D eigenvalue weighted by Gasteiger charge is -2.23. The van der Waals surface area contributed by atoms with Crippen LogP contribution >= 0.6 is 0 Å². The van der Waals surface area contributed by atoms with Gasteiger partial charge in [0.2, 0.25) is 0 Å². The van der Waals surface area contributed by atoms with Crippen molar-refractivity contribution < 1.29 is 19.4 Å². The molecule has 0 heterocycles. The number of aromatic carboxylic acids is 1. The number of aliphatic hydroxyl groups excluding tert-OH is 1. The summed E-state index contributed by atoms with van der Waals surface area (Å²) in [5, 5.41) is 20.7. The first kappa shape index (κ1) is 13.6. The molecule has 0 saturated heterocycles. The molecule has 0 aliphatic carbocycles. The van der Waals surface area contributed by atoms with Crippen molar-refractivity contribution in [1.82, 2.24) is 5.32 Å². The highest BCUT2D eigenvalue weighted by atomic mass is 19.1. The van der Waals surface area contributed by atoms with Crippen LogP contribution in [0.5, 0.6) is 0 Å². The minimum absolute atomic E-state index is 0.0390. The SMILES string of the molecule is CC(C)(CO)NCc1ccc(C(=O)O)c(F)c1. The fraction of sp³-hybridized carbons (Fsp3) is 0.417. The molecule has 1 aromatic rings. The van der Waals surface area contributed by atoms with Crippen molar-refractivity contribution >= 4 is 5.97 Å². The highest BCUT2D eigenvalue weighted by Crippen LogP contribution is 2.11. The van der Waals surface area contributed by atoms with Gasteiger partial charge in [0.25, 0.3) is 0 Å². The summed E-state index contributed by atoms with van der Waals surface area (Å²) in [7, 11) is 0. The predicted octanol–water partition coefficient (Wildman–Crippen LogP) is 1.38. The summed E-state index contributed by atoms with van der Waals surface area (Å²) < 4.78 is 13.3. The van der Waals surface area contributed by atoms with Crippen LogP contribution in [0, 0.1) is 5.82 Å². The maximum Gasteiger partial charge on any atom is 0.338 e. The molecule has 4 nitrogen and oxygen atoms in total. The number of nitrogens with one attached hydrogen (secondary N) is 1. The van der Waals surface area contributed by atoms with Crippen molar-refractivity contribution in [2.24, 2.45) is 0 Å². The first-order valence-electron chi connectivity index (χ1n) is 5.23. The molecule has 94 valence electrons. The molecule has 0 aliphatic heterocycles. The molecule has 0 radical (unpaired) electrons. The van der Waals surface area contributed by atoms with Gasteiger partial charge in [0.05, 0.1) is 12.2 Å². The third kappa shape index (κ3) is 3.80. The molecule has 5 heteroatoms. The van der Waals surface area contributed by atoms with Crippen LogP contribution in [0.15, 0.2) is 18.2 Å². The highest BCUT2D eigenvalue weighted by Gasteiger charge is 2.16. The molecule has 0 bridgehead atoms. The van der Waals surface area contributed by atoms with Crippen LogP contribution in [0.25, 0.3) is 0 Å². The van der Waals surface area contributed by atoms with Crippen molar-refractivity contribution in [1.29, 1.82) is 0 Å². The van der Waals surface area contributed by atoms with Gasteiger partial charge in [-0.1, -0.05) is 6.07 Å². The van der Waals surface area contributed by atoms with Crippen LogP contribution in [0.3, 0.4) is 0 Å². The number of halogens is 1. The smallest absolute Gasteiger partial charge is 0.338 e. The topological polar surface area (TPSA) is 69.6 Å². The maximum atomic E-state index is 13.3. The van der Waals surface area contributed by atoms with Crippen molar-refractivity contribution in [2.75, 3.05) is 6.61 Å². The fourth-order valence-electron chi connectivity index (χ4n) is 1.24. The second kappa shape index (κ2) is 5.25.